The fourth-order valence-electron chi connectivity index (χ4n) is 3.27. The molecule has 0 spiro atoms. The van der Waals surface area contributed by atoms with E-state index in [0.717, 1.165) is 33.4 Å². The zero-order valence-electron chi connectivity index (χ0n) is 17.0. The van der Waals surface area contributed by atoms with Crippen molar-refractivity contribution in [2.24, 2.45) is 0 Å². The van der Waals surface area contributed by atoms with Gasteiger partial charge >= 0.3 is 5.63 Å². The lowest BCUT2D eigenvalue weighted by Crippen LogP contribution is -2.16. The maximum absolute atomic E-state index is 11.9. The van der Waals surface area contributed by atoms with E-state index in [4.69, 9.17) is 15.0 Å². The highest BCUT2D eigenvalue weighted by atomic mass is 32.2. The minimum atomic E-state index is -0.374. The van der Waals surface area contributed by atoms with Crippen molar-refractivity contribution in [1.82, 2.24) is 14.9 Å². The fourth-order valence-corrected chi connectivity index (χ4v) is 4.13. The van der Waals surface area contributed by atoms with Crippen LogP contribution in [0.1, 0.15) is 28.1 Å². The smallest absolute Gasteiger partial charge is 0.336 e. The molecule has 0 atom stereocenters. The molecule has 2 N–H and O–H groups in total. The number of hydrogen-bond acceptors (Lipinski definition) is 7. The first-order valence-electron chi connectivity index (χ1n) is 9.47. The first kappa shape index (κ1) is 20.0. The number of fused-ring (bicyclic) bond motifs is 1. The molecule has 0 aliphatic rings. The largest absolute Gasteiger partial charge is 0.485 e. The van der Waals surface area contributed by atoms with Gasteiger partial charge in [-0.25, -0.2) is 9.47 Å². The molecule has 0 saturated heterocycles. The predicted molar refractivity (Wildman–Crippen MR) is 117 cm³/mol. The van der Waals surface area contributed by atoms with E-state index in [1.165, 1.54) is 22.5 Å². The molecule has 2 heterocycles. The summed E-state index contributed by atoms with van der Waals surface area (Å²) >= 11 is 1.40. The van der Waals surface area contributed by atoms with Crippen molar-refractivity contribution in [2.75, 3.05) is 5.84 Å². The average molecular weight is 423 g/mol. The summed E-state index contributed by atoms with van der Waals surface area (Å²) in [6, 6.07) is 13.3. The highest BCUT2D eigenvalue weighted by molar-refractivity contribution is 7.98. The standard InChI is InChI=1S/C22H22N4O3S/c1-13-7-8-17-16(10-20(27)29-18(17)9-13)12-30-22-25-24-19(26(22)23)11-28-21-14(2)5-4-6-15(21)3/h4-10H,11-12,23H2,1-3H3. The summed E-state index contributed by atoms with van der Waals surface area (Å²) in [4.78, 5) is 11.9. The van der Waals surface area contributed by atoms with Crippen LogP contribution in [0.5, 0.6) is 5.75 Å². The lowest BCUT2D eigenvalue weighted by Gasteiger charge is -2.11. The van der Waals surface area contributed by atoms with Crippen LogP contribution in [0.4, 0.5) is 0 Å². The zero-order valence-corrected chi connectivity index (χ0v) is 17.8. The van der Waals surface area contributed by atoms with Crippen LogP contribution in [-0.2, 0) is 12.4 Å². The van der Waals surface area contributed by atoms with Gasteiger partial charge in [0.25, 0.3) is 0 Å². The normalized spacial score (nSPS) is 11.2. The SMILES string of the molecule is Cc1ccc2c(CSc3nnc(COc4c(C)cccc4C)n3N)cc(=O)oc2c1. The van der Waals surface area contributed by atoms with Gasteiger partial charge in [0.1, 0.15) is 17.9 Å². The summed E-state index contributed by atoms with van der Waals surface area (Å²) < 4.78 is 12.7. The Morgan fingerprint density at radius 2 is 1.87 bits per heavy atom. The third kappa shape index (κ3) is 4.04. The first-order chi connectivity index (χ1) is 14.4. The molecular weight excluding hydrogens is 400 g/mol. The van der Waals surface area contributed by atoms with Gasteiger partial charge in [0.05, 0.1) is 0 Å². The quantitative estimate of drug-likeness (QED) is 0.286. The second-order valence-electron chi connectivity index (χ2n) is 7.16. The van der Waals surface area contributed by atoms with E-state index in [0.29, 0.717) is 22.3 Å². The number of para-hydroxylation sites is 1. The maximum atomic E-state index is 11.9. The van der Waals surface area contributed by atoms with Gasteiger partial charge in [-0.05, 0) is 49.1 Å². The lowest BCUT2D eigenvalue weighted by molar-refractivity contribution is 0.288. The van der Waals surface area contributed by atoms with E-state index in [1.807, 2.05) is 57.2 Å². The molecule has 0 unspecified atom stereocenters. The third-order valence-electron chi connectivity index (χ3n) is 4.83. The monoisotopic (exact) mass is 422 g/mol. The van der Waals surface area contributed by atoms with Crippen molar-refractivity contribution >= 4 is 22.7 Å². The van der Waals surface area contributed by atoms with Crippen molar-refractivity contribution in [1.29, 1.82) is 0 Å². The number of nitrogens with zero attached hydrogens (tertiary/aromatic N) is 3. The number of aryl methyl sites for hydroxylation is 3. The molecule has 4 aromatic rings. The number of ether oxygens (including phenoxy) is 1. The summed E-state index contributed by atoms with van der Waals surface area (Å²) in [6.07, 6.45) is 0. The van der Waals surface area contributed by atoms with E-state index in [-0.39, 0.29) is 12.2 Å². The van der Waals surface area contributed by atoms with Crippen LogP contribution in [-0.4, -0.2) is 14.9 Å². The molecule has 0 radical (unpaired) electrons. The van der Waals surface area contributed by atoms with Crippen molar-refractivity contribution in [3.05, 3.63) is 81.0 Å². The number of nitrogen functional groups attached to an aromatic ring is 1. The van der Waals surface area contributed by atoms with Gasteiger partial charge in [0.2, 0.25) is 5.16 Å². The van der Waals surface area contributed by atoms with Crippen molar-refractivity contribution < 1.29 is 9.15 Å². The zero-order chi connectivity index (χ0) is 21.3. The molecular formula is C22H22N4O3S. The Balaban J connectivity index is 1.50. The van der Waals surface area contributed by atoms with E-state index in [2.05, 4.69) is 10.2 Å². The van der Waals surface area contributed by atoms with Crippen LogP contribution in [0.3, 0.4) is 0 Å². The Morgan fingerprint density at radius 1 is 1.10 bits per heavy atom. The van der Waals surface area contributed by atoms with Crippen LogP contribution in [0.2, 0.25) is 0 Å². The summed E-state index contributed by atoms with van der Waals surface area (Å²) in [5.41, 5.74) is 4.21. The minimum Gasteiger partial charge on any atom is -0.485 e. The molecule has 4 rings (SSSR count). The van der Waals surface area contributed by atoms with Gasteiger partial charge in [-0.2, -0.15) is 0 Å². The second kappa shape index (κ2) is 8.23. The first-order valence-corrected chi connectivity index (χ1v) is 10.5. The molecule has 0 amide bonds. The highest BCUT2D eigenvalue weighted by Gasteiger charge is 2.14. The number of benzene rings is 2. The molecule has 0 bridgehead atoms. The molecule has 2 aromatic carbocycles. The van der Waals surface area contributed by atoms with E-state index in [9.17, 15) is 4.79 Å². The van der Waals surface area contributed by atoms with Crippen molar-refractivity contribution in [3.63, 3.8) is 0 Å². The predicted octanol–water partition coefficient (Wildman–Crippen LogP) is 3.89. The number of rotatable bonds is 6. The summed E-state index contributed by atoms with van der Waals surface area (Å²) in [5.74, 6) is 8.04. The molecule has 0 aliphatic carbocycles. The molecule has 8 heteroatoms. The average Bonchev–Trinajstić information content (AvgIpc) is 3.05. The summed E-state index contributed by atoms with van der Waals surface area (Å²) in [7, 11) is 0. The Kier molecular flexibility index (Phi) is 5.50. The maximum Gasteiger partial charge on any atom is 0.336 e. The molecule has 2 aromatic heterocycles. The van der Waals surface area contributed by atoms with Gasteiger partial charge in [-0.15, -0.1) is 10.2 Å². The molecule has 0 aliphatic heterocycles. The van der Waals surface area contributed by atoms with Crippen LogP contribution < -0.4 is 16.2 Å². The number of nitrogens with two attached hydrogens (primary N) is 1. The lowest BCUT2D eigenvalue weighted by atomic mass is 10.1. The van der Waals surface area contributed by atoms with E-state index in [1.54, 1.807) is 0 Å². The molecule has 0 saturated carbocycles. The van der Waals surface area contributed by atoms with Gasteiger partial charge < -0.3 is 15.0 Å². The molecule has 154 valence electrons. The topological polar surface area (TPSA) is 96.2 Å². The van der Waals surface area contributed by atoms with Crippen molar-refractivity contribution in [3.8, 4) is 5.75 Å². The van der Waals surface area contributed by atoms with Crippen LogP contribution in [0, 0.1) is 20.8 Å². The second-order valence-corrected chi connectivity index (χ2v) is 8.10. The molecule has 30 heavy (non-hydrogen) atoms. The summed E-state index contributed by atoms with van der Waals surface area (Å²) in [5, 5.41) is 9.77. The Labute approximate surface area is 177 Å². The van der Waals surface area contributed by atoms with Gasteiger partial charge in [-0.3, -0.25) is 0 Å². The molecule has 0 fully saturated rings. The Morgan fingerprint density at radius 3 is 2.63 bits per heavy atom. The van der Waals surface area contributed by atoms with E-state index >= 15 is 0 Å². The Hall–Kier alpha value is -3.26. The van der Waals surface area contributed by atoms with Crippen molar-refractivity contribution in [2.45, 2.75) is 38.3 Å². The number of thioether (sulfide) groups is 1. The summed E-state index contributed by atoms with van der Waals surface area (Å²) in [6.45, 7) is 6.17. The molecule has 7 nitrogen and oxygen atoms in total. The fraction of sp³-hybridized carbons (Fsp3) is 0.227. The number of aromatic nitrogens is 3. The highest BCUT2D eigenvalue weighted by Crippen LogP contribution is 2.27. The van der Waals surface area contributed by atoms with E-state index < -0.39 is 0 Å². The minimum absolute atomic E-state index is 0.215. The van der Waals surface area contributed by atoms with Crippen LogP contribution in [0.25, 0.3) is 11.0 Å². The van der Waals surface area contributed by atoms with Gasteiger partial charge in [0, 0.05) is 17.2 Å². The van der Waals surface area contributed by atoms with Crippen LogP contribution in [0.15, 0.2) is 56.8 Å². The van der Waals surface area contributed by atoms with Crippen LogP contribution >= 0.6 is 11.8 Å². The van der Waals surface area contributed by atoms with Gasteiger partial charge in [0.15, 0.2) is 5.82 Å². The van der Waals surface area contributed by atoms with Gasteiger partial charge in [-0.1, -0.05) is 42.1 Å². The Bertz CT molecular complexity index is 1260. The number of hydrogen-bond donors (Lipinski definition) is 1. The third-order valence-corrected chi connectivity index (χ3v) is 5.82.